The lowest BCUT2D eigenvalue weighted by molar-refractivity contribution is -0.161. The highest BCUT2D eigenvalue weighted by molar-refractivity contribution is 5.91. The third-order valence-electron chi connectivity index (χ3n) is 5.50. The van der Waals surface area contributed by atoms with Gasteiger partial charge in [-0.15, -0.1) is 0 Å². The summed E-state index contributed by atoms with van der Waals surface area (Å²) in [5.74, 6) is -1.36. The highest BCUT2D eigenvalue weighted by atomic mass is 16.6. The minimum Gasteiger partial charge on any atom is -0.391 e. The quantitative estimate of drug-likeness (QED) is 0.510. The molecule has 0 unspecified atom stereocenters. The molecule has 2 atom stereocenters. The van der Waals surface area contributed by atoms with Crippen molar-refractivity contribution >= 4 is 11.9 Å². The summed E-state index contributed by atoms with van der Waals surface area (Å²) in [7, 11) is 3.05. The number of hydrogen-bond acceptors (Lipinski definition) is 7. The molecule has 1 aromatic carbocycles. The largest absolute Gasteiger partial charge is 0.391 e. The first-order valence-corrected chi connectivity index (χ1v) is 9.81. The van der Waals surface area contributed by atoms with Crippen LogP contribution in [-0.2, 0) is 34.8 Å². The minimum absolute atomic E-state index is 0.189. The summed E-state index contributed by atoms with van der Waals surface area (Å²) in [5, 5.41) is 2.98. The minimum atomic E-state index is -0.978. The van der Waals surface area contributed by atoms with Crippen LogP contribution in [0.5, 0.6) is 0 Å². The van der Waals surface area contributed by atoms with E-state index in [1.807, 2.05) is 0 Å². The van der Waals surface area contributed by atoms with Gasteiger partial charge in [0.25, 0.3) is 5.56 Å². The molecule has 0 amide bonds. The molecule has 1 fully saturated rings. The van der Waals surface area contributed by atoms with Gasteiger partial charge in [-0.2, -0.15) is 0 Å². The van der Waals surface area contributed by atoms with E-state index in [2.05, 4.69) is 5.32 Å². The Kier molecular flexibility index (Phi) is 6.33. The van der Waals surface area contributed by atoms with Crippen LogP contribution in [0.4, 0.5) is 0 Å². The van der Waals surface area contributed by atoms with Gasteiger partial charge in [0, 0.05) is 19.8 Å². The molecule has 1 aliphatic heterocycles. The second-order valence-corrected chi connectivity index (χ2v) is 7.56. The van der Waals surface area contributed by atoms with Crippen LogP contribution in [0.25, 0.3) is 11.1 Å². The maximum Gasteiger partial charge on any atom is 0.330 e. The first-order chi connectivity index (χ1) is 14.2. The number of hydrogen-bond donors (Lipinski definition) is 2. The van der Waals surface area contributed by atoms with E-state index in [0.717, 1.165) is 23.1 Å². The second-order valence-electron chi connectivity index (χ2n) is 7.56. The van der Waals surface area contributed by atoms with Crippen molar-refractivity contribution in [2.75, 3.05) is 6.54 Å². The van der Waals surface area contributed by atoms with E-state index in [1.165, 1.54) is 11.6 Å². The molecule has 0 aliphatic carbocycles. The van der Waals surface area contributed by atoms with Gasteiger partial charge < -0.3 is 20.4 Å². The number of nitrogens with two attached hydrogens (primary N) is 1. The SMILES string of the molecule is Cc1c(-c2ccc(C[C@H](N)C(=O)OC(=O)[C@@H]3CCCN3)cc2)c(=O)n(C)c(=O)n1C. The Hall–Kier alpha value is -3.04. The van der Waals surface area contributed by atoms with Crippen LogP contribution in [0.15, 0.2) is 33.9 Å². The monoisotopic (exact) mass is 414 g/mol. The first kappa shape index (κ1) is 21.7. The summed E-state index contributed by atoms with van der Waals surface area (Å²) in [5.41, 5.74) is 7.57. The van der Waals surface area contributed by atoms with Crippen molar-refractivity contribution < 1.29 is 14.3 Å². The van der Waals surface area contributed by atoms with Gasteiger partial charge in [0.1, 0.15) is 12.1 Å². The van der Waals surface area contributed by atoms with Gasteiger partial charge in [0.2, 0.25) is 0 Å². The van der Waals surface area contributed by atoms with Crippen molar-refractivity contribution in [3.05, 3.63) is 56.4 Å². The molecular weight excluding hydrogens is 388 g/mol. The zero-order chi connectivity index (χ0) is 22.0. The fourth-order valence-corrected chi connectivity index (χ4v) is 3.55. The highest BCUT2D eigenvalue weighted by Gasteiger charge is 2.27. The molecule has 1 aliphatic rings. The molecule has 30 heavy (non-hydrogen) atoms. The number of rotatable bonds is 5. The Labute approximate surface area is 173 Å². The molecule has 9 heteroatoms. The van der Waals surface area contributed by atoms with Crippen molar-refractivity contribution in [2.45, 2.75) is 38.3 Å². The van der Waals surface area contributed by atoms with Crippen LogP contribution in [0.1, 0.15) is 24.1 Å². The number of nitrogens with one attached hydrogen (secondary N) is 1. The maximum absolute atomic E-state index is 12.6. The van der Waals surface area contributed by atoms with Crippen LogP contribution in [0, 0.1) is 6.92 Å². The van der Waals surface area contributed by atoms with E-state index >= 15 is 0 Å². The maximum atomic E-state index is 12.6. The number of carbonyl (C=O) groups excluding carboxylic acids is 2. The fraction of sp³-hybridized carbons (Fsp3) is 0.429. The van der Waals surface area contributed by atoms with Crippen LogP contribution < -0.4 is 22.3 Å². The van der Waals surface area contributed by atoms with Crippen LogP contribution >= 0.6 is 0 Å². The molecule has 160 valence electrons. The fourth-order valence-electron chi connectivity index (χ4n) is 3.55. The molecular formula is C21H26N4O5. The third kappa shape index (κ3) is 4.27. The molecule has 0 radical (unpaired) electrons. The lowest BCUT2D eigenvalue weighted by Gasteiger charge is -2.14. The van der Waals surface area contributed by atoms with Gasteiger partial charge in [0.05, 0.1) is 5.56 Å². The highest BCUT2D eigenvalue weighted by Crippen LogP contribution is 2.19. The van der Waals surface area contributed by atoms with Crippen molar-refractivity contribution in [3.63, 3.8) is 0 Å². The summed E-state index contributed by atoms with van der Waals surface area (Å²) in [4.78, 5) is 48.7. The summed E-state index contributed by atoms with van der Waals surface area (Å²) < 4.78 is 7.38. The van der Waals surface area contributed by atoms with Crippen LogP contribution in [0.3, 0.4) is 0 Å². The zero-order valence-electron chi connectivity index (χ0n) is 17.3. The Bertz CT molecular complexity index is 1080. The summed E-state index contributed by atoms with van der Waals surface area (Å²) in [6, 6.07) is 5.57. The second kappa shape index (κ2) is 8.76. The van der Waals surface area contributed by atoms with E-state index in [1.54, 1.807) is 38.2 Å². The summed E-state index contributed by atoms with van der Waals surface area (Å²) >= 11 is 0. The molecule has 1 saturated heterocycles. The van der Waals surface area contributed by atoms with Crippen molar-refractivity contribution in [3.8, 4) is 11.1 Å². The zero-order valence-corrected chi connectivity index (χ0v) is 17.3. The van der Waals surface area contributed by atoms with E-state index < -0.39 is 24.0 Å². The topological polar surface area (TPSA) is 125 Å². The average Bonchev–Trinajstić information content (AvgIpc) is 3.27. The van der Waals surface area contributed by atoms with Gasteiger partial charge in [-0.1, -0.05) is 24.3 Å². The molecule has 0 bridgehead atoms. The predicted molar refractivity (Wildman–Crippen MR) is 111 cm³/mol. The number of nitrogens with zero attached hydrogens (tertiary/aromatic N) is 2. The predicted octanol–water partition coefficient (Wildman–Crippen LogP) is -0.249. The number of carbonyl (C=O) groups is 2. The van der Waals surface area contributed by atoms with E-state index in [-0.39, 0.29) is 17.7 Å². The van der Waals surface area contributed by atoms with Crippen molar-refractivity contribution in [2.24, 2.45) is 19.8 Å². The number of aromatic nitrogens is 2. The number of ether oxygens (including phenoxy) is 1. The Morgan fingerprint density at radius 3 is 2.47 bits per heavy atom. The van der Waals surface area contributed by atoms with Crippen molar-refractivity contribution in [1.29, 1.82) is 0 Å². The Morgan fingerprint density at radius 1 is 1.20 bits per heavy atom. The summed E-state index contributed by atoms with van der Waals surface area (Å²) in [6.07, 6.45) is 1.70. The van der Waals surface area contributed by atoms with Gasteiger partial charge in [-0.05, 0) is 43.9 Å². The van der Waals surface area contributed by atoms with Gasteiger partial charge in [-0.3, -0.25) is 9.36 Å². The molecule has 3 rings (SSSR count). The van der Waals surface area contributed by atoms with Gasteiger partial charge in [0.15, 0.2) is 0 Å². The Balaban J connectivity index is 1.72. The average molecular weight is 414 g/mol. The number of esters is 2. The third-order valence-corrected chi connectivity index (χ3v) is 5.50. The van der Waals surface area contributed by atoms with Crippen molar-refractivity contribution in [1.82, 2.24) is 14.5 Å². The molecule has 3 N–H and O–H groups in total. The summed E-state index contributed by atoms with van der Waals surface area (Å²) in [6.45, 7) is 2.44. The van der Waals surface area contributed by atoms with Crippen LogP contribution in [-0.4, -0.2) is 39.7 Å². The lowest BCUT2D eigenvalue weighted by atomic mass is 10.0. The lowest BCUT2D eigenvalue weighted by Crippen LogP contribution is -2.40. The van der Waals surface area contributed by atoms with E-state index in [4.69, 9.17) is 10.5 Å². The van der Waals surface area contributed by atoms with Crippen LogP contribution in [0.2, 0.25) is 0 Å². The van der Waals surface area contributed by atoms with Gasteiger partial charge >= 0.3 is 17.6 Å². The Morgan fingerprint density at radius 2 is 1.87 bits per heavy atom. The molecule has 0 saturated carbocycles. The molecule has 0 spiro atoms. The van der Waals surface area contributed by atoms with E-state index in [0.29, 0.717) is 23.2 Å². The first-order valence-electron chi connectivity index (χ1n) is 9.81. The molecule has 2 heterocycles. The molecule has 9 nitrogen and oxygen atoms in total. The number of benzene rings is 1. The smallest absolute Gasteiger partial charge is 0.330 e. The molecule has 2 aromatic rings. The van der Waals surface area contributed by atoms with E-state index in [9.17, 15) is 19.2 Å². The molecule has 1 aromatic heterocycles. The van der Waals surface area contributed by atoms with Gasteiger partial charge in [-0.25, -0.2) is 14.4 Å². The standard InChI is InChI=1S/C21H26N4O5/c1-12-17(18(26)25(3)21(29)24(12)2)14-8-6-13(7-9-14)11-15(22)19(27)30-20(28)16-5-4-10-23-16/h6-9,15-16,23H,4-5,10-11,22H2,1-3H3/t15-,16-/m0/s1. The normalized spacial score (nSPS) is 17.0.